The smallest absolute Gasteiger partial charge is 0.490 e. The van der Waals surface area contributed by atoms with Gasteiger partial charge in [0.05, 0.1) is 35.6 Å². The Bertz CT molecular complexity index is 3530. The molecule has 4 heterocycles. The van der Waals surface area contributed by atoms with Crippen LogP contribution in [0.4, 0.5) is 11.5 Å². The summed E-state index contributed by atoms with van der Waals surface area (Å²) in [5, 5.41) is 36.7. The van der Waals surface area contributed by atoms with Crippen LogP contribution in [0.2, 0.25) is 0 Å². The number of phosphoric ester groups is 1. The highest BCUT2D eigenvalue weighted by molar-refractivity contribution is 7.66. The van der Waals surface area contributed by atoms with Gasteiger partial charge in [0.2, 0.25) is 0 Å². The first kappa shape index (κ1) is 51.3. The van der Waals surface area contributed by atoms with Crippen molar-refractivity contribution in [2.75, 3.05) is 11.9 Å². The summed E-state index contributed by atoms with van der Waals surface area (Å²) in [7, 11) is -16.9. The molecule has 1 aliphatic carbocycles. The molecule has 1 fully saturated rings. The number of phenols is 1. The third-order valence-electron chi connectivity index (χ3n) is 10.9. The normalized spacial score (nSPS) is 17.9. The highest BCUT2D eigenvalue weighted by Gasteiger charge is 2.43. The molecule has 6 atom stereocenters. The lowest BCUT2D eigenvalue weighted by Gasteiger charge is -2.19. The van der Waals surface area contributed by atoms with Crippen molar-refractivity contribution in [3.05, 3.63) is 122 Å². The number of nitrogens with zero attached hydrogens (tertiary/aromatic N) is 5. The van der Waals surface area contributed by atoms with E-state index in [1.807, 2.05) is 0 Å². The van der Waals surface area contributed by atoms with Gasteiger partial charge in [0.15, 0.2) is 28.2 Å². The van der Waals surface area contributed by atoms with Gasteiger partial charge in [-0.15, -0.1) is 0 Å². The van der Waals surface area contributed by atoms with E-state index in [2.05, 4.69) is 45.3 Å². The average molecular weight is 1050 g/mol. The molecule has 1 saturated heterocycles. The topological polar surface area (TPSA) is 382 Å². The highest BCUT2D eigenvalue weighted by atomic mass is 31.3. The Labute approximate surface area is 403 Å². The van der Waals surface area contributed by atoms with Gasteiger partial charge in [0.1, 0.15) is 41.5 Å². The summed E-state index contributed by atoms with van der Waals surface area (Å²) in [4.78, 5) is 98.6. The number of nitro groups is 1. The monoisotopic (exact) mass is 1050 g/mol. The van der Waals surface area contributed by atoms with Crippen molar-refractivity contribution < 1.29 is 85.0 Å². The van der Waals surface area contributed by atoms with Crippen molar-refractivity contribution in [3.8, 4) is 45.8 Å². The number of anilines is 1. The standard InChI is InChI=1S/C43H37N6O20P3/c1-23(47-42-41-43(45-20-44-42)48(21-46-41)39-18-34(54)38(67-39)19-65-71(60,61)69-72(62,63)68-70(57,58)59)28-10-6-24(14-32(28)49(55)56)4-2-3-5-33(53)25-7-13-35(64-22-50)31(15-25)40-29-11-8-26(51)16-36(29)66-37-17-27(52)9-12-30(37)40/h6-17,20-23,34,38-39,51,54H,3,5,18-19H2,1H3,(H,60,61)(H,62,63)(H,44,45,47)(H2,57,58,59)/t23-,34?,38+,39+/m0/s1. The molecule has 29 heteroatoms. The third kappa shape index (κ3) is 11.7. The van der Waals surface area contributed by atoms with E-state index in [0.29, 0.717) is 22.1 Å². The molecule has 2 aliphatic heterocycles. The van der Waals surface area contributed by atoms with Crippen molar-refractivity contribution in [3.63, 3.8) is 0 Å². The first-order valence-corrected chi connectivity index (χ1v) is 25.4. The van der Waals surface area contributed by atoms with Crippen LogP contribution in [0.1, 0.15) is 59.9 Å². The number of carbonyl (C=O) groups excluding carboxylic acids is 2. The molecule has 26 nitrogen and oxygen atoms in total. The molecular formula is C43H37N6O20P3. The number of nitrogens with one attached hydrogen (secondary N) is 1. The highest BCUT2D eigenvalue weighted by Crippen LogP contribution is 2.66. The lowest BCUT2D eigenvalue weighted by molar-refractivity contribution is -0.385. The Morgan fingerprint density at radius 2 is 1.79 bits per heavy atom. The summed E-state index contributed by atoms with van der Waals surface area (Å²) in [6.45, 7) is 0.971. The van der Waals surface area contributed by atoms with Crippen LogP contribution in [0.3, 0.4) is 0 Å². The largest absolute Gasteiger partial charge is 0.508 e. The maximum absolute atomic E-state index is 13.6. The second-order valence-corrected chi connectivity index (χ2v) is 20.1. The van der Waals surface area contributed by atoms with E-state index < -0.39 is 59.5 Å². The molecule has 0 spiro atoms. The van der Waals surface area contributed by atoms with Gasteiger partial charge in [0.25, 0.3) is 12.2 Å². The molecular weight excluding hydrogens is 1010 g/mol. The number of nitro benzene ring substituents is 1. The zero-order chi connectivity index (χ0) is 51.7. The number of Topliss-reactive ketones (excluding diaryl/α,β-unsaturated/α-hetero) is 1. The Balaban J connectivity index is 0.935. The number of ketones is 1. The number of carbonyl (C=O) groups is 2. The van der Waals surface area contributed by atoms with Gasteiger partial charge in [-0.2, -0.15) is 8.62 Å². The number of aliphatic hydroxyl groups excluding tert-OH is 1. The Morgan fingerprint density at radius 3 is 2.54 bits per heavy atom. The van der Waals surface area contributed by atoms with Crippen molar-refractivity contribution in [2.24, 2.45) is 0 Å². The number of aromatic nitrogens is 4. The lowest BCUT2D eigenvalue weighted by atomic mass is 9.91. The van der Waals surface area contributed by atoms with Crippen LogP contribution >= 0.6 is 23.5 Å². The van der Waals surface area contributed by atoms with E-state index in [9.17, 15) is 58.2 Å². The van der Waals surface area contributed by atoms with Crippen LogP contribution in [0.25, 0.3) is 44.6 Å². The zero-order valence-electron chi connectivity index (χ0n) is 36.8. The molecule has 8 rings (SSSR count). The van der Waals surface area contributed by atoms with Gasteiger partial charge in [0, 0.05) is 70.7 Å². The molecule has 0 amide bonds. The minimum absolute atomic E-state index is 0.0553. The molecule has 3 aliphatic rings. The summed E-state index contributed by atoms with van der Waals surface area (Å²) in [5.74, 6) is 5.79. The van der Waals surface area contributed by atoms with Crippen LogP contribution < -0.4 is 15.5 Å². The summed E-state index contributed by atoms with van der Waals surface area (Å²) in [5.41, 5.74) is 2.01. The average Bonchev–Trinajstić information content (AvgIpc) is 3.91. The van der Waals surface area contributed by atoms with Gasteiger partial charge in [-0.1, -0.05) is 11.8 Å². The van der Waals surface area contributed by atoms with E-state index in [1.54, 1.807) is 31.2 Å². The van der Waals surface area contributed by atoms with Gasteiger partial charge in [-0.05, 0) is 61.5 Å². The predicted molar refractivity (Wildman–Crippen MR) is 248 cm³/mol. The van der Waals surface area contributed by atoms with Crippen LogP contribution in [0, 0.1) is 22.0 Å². The quantitative estimate of drug-likeness (QED) is 0.00980. The van der Waals surface area contributed by atoms with E-state index in [4.69, 9.17) is 23.7 Å². The fraction of sp³-hybridized carbons (Fsp3) is 0.209. The summed E-state index contributed by atoms with van der Waals surface area (Å²) >= 11 is 0. The second kappa shape index (κ2) is 20.6. The molecule has 3 unspecified atom stereocenters. The molecule has 0 saturated carbocycles. The summed E-state index contributed by atoms with van der Waals surface area (Å²) in [6, 6.07) is 16.6. The fourth-order valence-corrected chi connectivity index (χ4v) is 10.8. The number of phenolic OH excluding ortho intramolecular Hbond substituents is 1. The van der Waals surface area contributed by atoms with Crippen LogP contribution in [-0.4, -0.2) is 85.3 Å². The molecule has 7 N–H and O–H groups in total. The fourth-order valence-electron chi connectivity index (χ4n) is 7.79. The SMILES string of the molecule is C[C@H](Nc1ncnc2c1ncn2[C@H]1CC(O)[C@@H](COP(=O)(O)OP(=O)(O)OP(=O)(O)O)O1)c1ccc(C#CCCC(=O)c2ccc(OC=O)c(-c3c4ccc(=O)cc-4oc4cc(O)ccc34)c2)cc1[N+](=O)[O-]. The molecule has 72 heavy (non-hydrogen) atoms. The first-order chi connectivity index (χ1) is 34.1. The molecule has 374 valence electrons. The number of phosphoric acid groups is 3. The molecule has 0 radical (unpaired) electrons. The predicted octanol–water partition coefficient (Wildman–Crippen LogP) is 6.03. The number of aliphatic hydroxyl groups is 1. The minimum Gasteiger partial charge on any atom is -0.508 e. The summed E-state index contributed by atoms with van der Waals surface area (Å²) in [6.07, 6.45) is -1.39. The molecule has 5 aromatic rings. The van der Waals surface area contributed by atoms with Gasteiger partial charge in [-0.3, -0.25) is 33.6 Å². The number of benzene rings is 4. The number of ether oxygens (including phenoxy) is 2. The zero-order valence-corrected chi connectivity index (χ0v) is 39.5. The van der Waals surface area contributed by atoms with E-state index in [1.165, 1.54) is 65.8 Å². The molecule has 0 bridgehead atoms. The Morgan fingerprint density at radius 1 is 1.00 bits per heavy atom. The second-order valence-electron chi connectivity index (χ2n) is 15.7. The van der Waals surface area contributed by atoms with Crippen molar-refractivity contribution in [1.29, 1.82) is 0 Å². The Hall–Kier alpha value is -7.07. The lowest BCUT2D eigenvalue weighted by Crippen LogP contribution is -2.26. The van der Waals surface area contributed by atoms with Gasteiger partial charge < -0.3 is 49.0 Å². The van der Waals surface area contributed by atoms with E-state index in [-0.39, 0.29) is 99.1 Å². The van der Waals surface area contributed by atoms with E-state index >= 15 is 0 Å². The van der Waals surface area contributed by atoms with Crippen molar-refractivity contribution >= 4 is 69.4 Å². The van der Waals surface area contributed by atoms with Gasteiger partial charge in [-0.25, -0.2) is 28.6 Å². The molecule has 3 aromatic carbocycles. The number of rotatable bonds is 18. The number of hydrogen-bond donors (Lipinski definition) is 7. The first-order valence-electron chi connectivity index (χ1n) is 20.9. The molecule has 2 aromatic heterocycles. The van der Waals surface area contributed by atoms with Gasteiger partial charge >= 0.3 is 23.5 Å². The number of aromatic hydroxyl groups is 1. The third-order valence-corrected chi connectivity index (χ3v) is 14.7. The summed E-state index contributed by atoms with van der Waals surface area (Å²) < 4.78 is 65.1. The van der Waals surface area contributed by atoms with Crippen LogP contribution in [0.5, 0.6) is 11.5 Å². The number of imidazole rings is 1. The minimum atomic E-state index is -5.78. The van der Waals surface area contributed by atoms with E-state index in [0.717, 1.165) is 0 Å². The van der Waals surface area contributed by atoms with Crippen LogP contribution in [-0.2, 0) is 36.4 Å². The Kier molecular flexibility index (Phi) is 14.7. The maximum atomic E-state index is 13.6. The maximum Gasteiger partial charge on any atom is 0.490 e. The van der Waals surface area contributed by atoms with Crippen LogP contribution in [0.15, 0.2) is 94.7 Å². The number of fused-ring (bicyclic) bond motifs is 3. The van der Waals surface area contributed by atoms with Crippen molar-refractivity contribution in [1.82, 2.24) is 19.5 Å². The number of hydrogen-bond acceptors (Lipinski definition) is 20. The van der Waals surface area contributed by atoms with Crippen molar-refractivity contribution in [2.45, 2.75) is 50.7 Å².